The summed E-state index contributed by atoms with van der Waals surface area (Å²) >= 11 is 1.17. The fraction of sp³-hybridized carbons (Fsp3) is 0.0714. The fourth-order valence-electron chi connectivity index (χ4n) is 1.83. The predicted octanol–water partition coefficient (Wildman–Crippen LogP) is 4.33. The Hall–Kier alpha value is -2.08. The second kappa shape index (κ2) is 5.13. The lowest BCUT2D eigenvalue weighted by Gasteiger charge is -2.03. The van der Waals surface area contributed by atoms with Crippen LogP contribution in [0.2, 0.25) is 0 Å². The maximum absolute atomic E-state index is 13.5. The van der Waals surface area contributed by atoms with Crippen LogP contribution in [0.4, 0.5) is 18.9 Å². The molecule has 2 aromatic carbocycles. The van der Waals surface area contributed by atoms with E-state index in [2.05, 4.69) is 10.3 Å². The lowest BCUT2D eigenvalue weighted by Crippen LogP contribution is -1.98. The molecule has 1 aromatic heterocycles. The maximum Gasteiger partial charge on any atom is 0.145 e. The Morgan fingerprint density at radius 3 is 2.50 bits per heavy atom. The molecule has 3 aromatic rings. The van der Waals surface area contributed by atoms with E-state index in [1.165, 1.54) is 29.5 Å². The standard InChI is InChI=1S/C14H9F3N2S/c15-8-1-3-10(4-2-8)18-7-13-19-12-6-9(16)5-11(17)14(12)20-13/h1-6,18H,7H2. The number of nitrogens with zero attached hydrogens (tertiary/aromatic N) is 1. The van der Waals surface area contributed by atoms with E-state index in [9.17, 15) is 13.2 Å². The Labute approximate surface area is 116 Å². The van der Waals surface area contributed by atoms with Gasteiger partial charge < -0.3 is 5.32 Å². The van der Waals surface area contributed by atoms with E-state index in [1.807, 2.05) is 0 Å². The van der Waals surface area contributed by atoms with Gasteiger partial charge >= 0.3 is 0 Å². The molecule has 102 valence electrons. The van der Waals surface area contributed by atoms with Gasteiger partial charge in [-0.1, -0.05) is 0 Å². The minimum atomic E-state index is -0.640. The van der Waals surface area contributed by atoms with Gasteiger partial charge in [-0.15, -0.1) is 11.3 Å². The van der Waals surface area contributed by atoms with Crippen LogP contribution in [0.1, 0.15) is 5.01 Å². The van der Waals surface area contributed by atoms with Crippen molar-refractivity contribution >= 4 is 27.2 Å². The highest BCUT2D eigenvalue weighted by Crippen LogP contribution is 2.26. The Kier molecular flexibility index (Phi) is 3.31. The van der Waals surface area contributed by atoms with Crippen LogP contribution in [0.25, 0.3) is 10.2 Å². The summed E-state index contributed by atoms with van der Waals surface area (Å²) in [7, 11) is 0. The van der Waals surface area contributed by atoms with Crippen LogP contribution in [0.3, 0.4) is 0 Å². The van der Waals surface area contributed by atoms with Crippen molar-refractivity contribution < 1.29 is 13.2 Å². The van der Waals surface area contributed by atoms with Gasteiger partial charge in [0.25, 0.3) is 0 Å². The highest BCUT2D eigenvalue weighted by atomic mass is 32.1. The van der Waals surface area contributed by atoms with Crippen LogP contribution in [0, 0.1) is 17.5 Å². The van der Waals surface area contributed by atoms with E-state index in [0.717, 1.165) is 11.8 Å². The van der Waals surface area contributed by atoms with Crippen molar-refractivity contribution in [2.24, 2.45) is 0 Å². The molecule has 0 unspecified atom stereocenters. The summed E-state index contributed by atoms with van der Waals surface area (Å²) in [6.07, 6.45) is 0. The van der Waals surface area contributed by atoms with Gasteiger partial charge in [-0.05, 0) is 24.3 Å². The monoisotopic (exact) mass is 294 g/mol. The average molecular weight is 294 g/mol. The molecule has 3 rings (SSSR count). The van der Waals surface area contributed by atoms with Crippen molar-refractivity contribution in [3.8, 4) is 0 Å². The molecule has 20 heavy (non-hydrogen) atoms. The number of thiazole rings is 1. The van der Waals surface area contributed by atoms with Crippen LogP contribution in [-0.2, 0) is 6.54 Å². The first-order chi connectivity index (χ1) is 9.61. The Morgan fingerprint density at radius 1 is 1.00 bits per heavy atom. The van der Waals surface area contributed by atoms with Gasteiger partial charge in [-0.2, -0.15) is 0 Å². The molecule has 0 saturated heterocycles. The van der Waals surface area contributed by atoms with Gasteiger partial charge in [-0.25, -0.2) is 18.2 Å². The van der Waals surface area contributed by atoms with Gasteiger partial charge in [0.1, 0.15) is 22.5 Å². The molecule has 0 atom stereocenters. The second-order valence-corrected chi connectivity index (χ2v) is 5.29. The molecule has 6 heteroatoms. The minimum Gasteiger partial charge on any atom is -0.379 e. The second-order valence-electron chi connectivity index (χ2n) is 4.20. The average Bonchev–Trinajstić information content (AvgIpc) is 2.81. The third-order valence-electron chi connectivity index (χ3n) is 2.74. The lowest BCUT2D eigenvalue weighted by molar-refractivity contribution is 0.593. The van der Waals surface area contributed by atoms with Gasteiger partial charge in [0, 0.05) is 17.8 Å². The molecule has 0 fully saturated rings. The molecule has 2 nitrogen and oxygen atoms in total. The Balaban J connectivity index is 1.81. The van der Waals surface area contributed by atoms with E-state index in [1.54, 1.807) is 12.1 Å². The molecule has 0 spiro atoms. The molecule has 0 radical (unpaired) electrons. The third kappa shape index (κ3) is 2.60. The van der Waals surface area contributed by atoms with E-state index in [0.29, 0.717) is 21.8 Å². The molecule has 1 N–H and O–H groups in total. The smallest absolute Gasteiger partial charge is 0.145 e. The maximum atomic E-state index is 13.5. The van der Waals surface area contributed by atoms with E-state index in [4.69, 9.17) is 0 Å². The van der Waals surface area contributed by atoms with Gasteiger partial charge in [0.05, 0.1) is 16.8 Å². The van der Waals surface area contributed by atoms with Crippen molar-refractivity contribution in [1.82, 2.24) is 4.98 Å². The van der Waals surface area contributed by atoms with Crippen molar-refractivity contribution in [2.45, 2.75) is 6.54 Å². The SMILES string of the molecule is Fc1ccc(NCc2nc3cc(F)cc(F)c3s2)cc1. The molecule has 0 aliphatic carbocycles. The van der Waals surface area contributed by atoms with Crippen molar-refractivity contribution in [3.05, 3.63) is 58.9 Å². The number of halogens is 3. The molecule has 0 saturated carbocycles. The number of fused-ring (bicyclic) bond motifs is 1. The van der Waals surface area contributed by atoms with Crippen LogP contribution >= 0.6 is 11.3 Å². The first kappa shape index (κ1) is 12.9. The molecule has 0 bridgehead atoms. The predicted molar refractivity (Wildman–Crippen MR) is 73.3 cm³/mol. The van der Waals surface area contributed by atoms with Crippen LogP contribution in [0.5, 0.6) is 0 Å². The number of rotatable bonds is 3. The number of benzene rings is 2. The number of anilines is 1. The summed E-state index contributed by atoms with van der Waals surface area (Å²) in [4.78, 5) is 4.17. The van der Waals surface area contributed by atoms with Crippen LogP contribution in [0.15, 0.2) is 36.4 Å². The van der Waals surface area contributed by atoms with Crippen molar-refractivity contribution in [3.63, 3.8) is 0 Å². The Morgan fingerprint density at radius 2 is 1.75 bits per heavy atom. The summed E-state index contributed by atoms with van der Waals surface area (Å²) in [6.45, 7) is 0.367. The number of hydrogen-bond donors (Lipinski definition) is 1. The highest BCUT2D eigenvalue weighted by Gasteiger charge is 2.10. The summed E-state index contributed by atoms with van der Waals surface area (Å²) in [5.74, 6) is -1.56. The molecule has 0 aliphatic rings. The topological polar surface area (TPSA) is 24.9 Å². The third-order valence-corrected chi connectivity index (χ3v) is 3.82. The quantitative estimate of drug-likeness (QED) is 0.778. The van der Waals surface area contributed by atoms with Gasteiger partial charge in [-0.3, -0.25) is 0 Å². The zero-order valence-corrected chi connectivity index (χ0v) is 11.0. The normalized spacial score (nSPS) is 10.9. The van der Waals surface area contributed by atoms with Crippen LogP contribution in [-0.4, -0.2) is 4.98 Å². The largest absolute Gasteiger partial charge is 0.379 e. The minimum absolute atomic E-state index is 0.309. The van der Waals surface area contributed by atoms with E-state index < -0.39 is 11.6 Å². The summed E-state index contributed by atoms with van der Waals surface area (Å²) in [6, 6.07) is 7.94. The summed E-state index contributed by atoms with van der Waals surface area (Å²) in [5, 5.41) is 3.68. The molecule has 0 aliphatic heterocycles. The molecular weight excluding hydrogens is 285 g/mol. The van der Waals surface area contributed by atoms with Crippen molar-refractivity contribution in [1.29, 1.82) is 0 Å². The number of aromatic nitrogens is 1. The van der Waals surface area contributed by atoms with Crippen molar-refractivity contribution in [2.75, 3.05) is 5.32 Å². The van der Waals surface area contributed by atoms with E-state index in [-0.39, 0.29) is 5.82 Å². The fourth-order valence-corrected chi connectivity index (χ4v) is 2.72. The molecule has 0 amide bonds. The zero-order chi connectivity index (χ0) is 14.1. The molecular formula is C14H9F3N2S. The first-order valence-corrected chi connectivity index (χ1v) is 6.67. The number of nitrogens with one attached hydrogen (secondary N) is 1. The Bertz CT molecular complexity index is 753. The lowest BCUT2D eigenvalue weighted by atomic mass is 10.3. The van der Waals surface area contributed by atoms with E-state index >= 15 is 0 Å². The van der Waals surface area contributed by atoms with Gasteiger partial charge in [0.15, 0.2) is 0 Å². The van der Waals surface area contributed by atoms with Gasteiger partial charge in [0.2, 0.25) is 0 Å². The summed E-state index contributed by atoms with van der Waals surface area (Å²) < 4.78 is 39.7. The summed E-state index contributed by atoms with van der Waals surface area (Å²) in [5.41, 5.74) is 1.04. The molecule has 1 heterocycles. The van der Waals surface area contributed by atoms with Crippen LogP contribution < -0.4 is 5.32 Å². The highest BCUT2D eigenvalue weighted by molar-refractivity contribution is 7.18. The number of hydrogen-bond acceptors (Lipinski definition) is 3. The first-order valence-electron chi connectivity index (χ1n) is 5.86. The zero-order valence-electron chi connectivity index (χ0n) is 10.2.